The van der Waals surface area contributed by atoms with Crippen LogP contribution in [0.2, 0.25) is 0 Å². The van der Waals surface area contributed by atoms with Crippen LogP contribution in [0, 0.1) is 0 Å². The van der Waals surface area contributed by atoms with Crippen molar-refractivity contribution in [3.8, 4) is 0 Å². The molecule has 1 amide bonds. The zero-order chi connectivity index (χ0) is 18.2. The third-order valence-corrected chi connectivity index (χ3v) is 6.09. The lowest BCUT2D eigenvalue weighted by atomic mass is 9.81. The number of rotatable bonds is 7. The Bertz CT molecular complexity index is 762. The number of fused-ring (bicyclic) bond motifs is 2. The Kier molecular flexibility index (Phi) is 4.26. The van der Waals surface area contributed by atoms with Gasteiger partial charge in [0.05, 0.1) is 23.5 Å². The molecule has 2 fully saturated rings. The summed E-state index contributed by atoms with van der Waals surface area (Å²) >= 11 is 0. The van der Waals surface area contributed by atoms with Crippen LogP contribution in [0.3, 0.4) is 0 Å². The summed E-state index contributed by atoms with van der Waals surface area (Å²) in [5.41, 5.74) is 1.23. The molecule has 140 valence electrons. The van der Waals surface area contributed by atoms with Gasteiger partial charge in [-0.05, 0) is 39.0 Å². The second-order valence-corrected chi connectivity index (χ2v) is 7.68. The molecule has 2 aliphatic rings. The number of hydrogen-bond acceptors (Lipinski definition) is 6. The highest BCUT2D eigenvalue weighted by Crippen LogP contribution is 2.58. The molecule has 26 heavy (non-hydrogen) atoms. The average Bonchev–Trinajstić information content (AvgIpc) is 3.43. The van der Waals surface area contributed by atoms with E-state index >= 15 is 0 Å². The zero-order valence-electron chi connectivity index (χ0n) is 15.3. The SMILES string of the molecule is COC12CCC(c3cn([C@@H](C)CNC(=O)Cn4ccnn4)nn3)(CC1)C2. The van der Waals surface area contributed by atoms with E-state index in [1.54, 1.807) is 12.4 Å². The lowest BCUT2D eigenvalue weighted by Gasteiger charge is -2.25. The third-order valence-electron chi connectivity index (χ3n) is 6.09. The number of nitrogens with one attached hydrogen (secondary N) is 1. The van der Waals surface area contributed by atoms with Gasteiger partial charge in [-0.1, -0.05) is 10.4 Å². The van der Waals surface area contributed by atoms with E-state index in [1.165, 1.54) is 4.68 Å². The van der Waals surface area contributed by atoms with E-state index in [9.17, 15) is 4.79 Å². The smallest absolute Gasteiger partial charge is 0.241 e. The second kappa shape index (κ2) is 6.46. The zero-order valence-corrected chi connectivity index (χ0v) is 15.3. The molecule has 0 aliphatic heterocycles. The van der Waals surface area contributed by atoms with Gasteiger partial charge in [-0.2, -0.15) is 0 Å². The normalized spacial score (nSPS) is 28.4. The summed E-state index contributed by atoms with van der Waals surface area (Å²) in [5, 5.41) is 19.2. The molecule has 2 saturated carbocycles. The number of carbonyl (C=O) groups excluding carboxylic acids is 1. The summed E-state index contributed by atoms with van der Waals surface area (Å²) in [7, 11) is 1.82. The third kappa shape index (κ3) is 3.00. The van der Waals surface area contributed by atoms with Crippen molar-refractivity contribution in [2.24, 2.45) is 0 Å². The first kappa shape index (κ1) is 17.1. The van der Waals surface area contributed by atoms with Gasteiger partial charge in [-0.15, -0.1) is 10.2 Å². The maximum atomic E-state index is 12.0. The number of nitrogens with zero attached hydrogens (tertiary/aromatic N) is 6. The van der Waals surface area contributed by atoms with Crippen molar-refractivity contribution in [3.63, 3.8) is 0 Å². The topological polar surface area (TPSA) is 99.8 Å². The molecule has 2 aliphatic carbocycles. The van der Waals surface area contributed by atoms with Gasteiger partial charge < -0.3 is 10.1 Å². The molecule has 1 atom stereocenters. The first-order chi connectivity index (χ1) is 12.5. The fraction of sp³-hybridized carbons (Fsp3) is 0.706. The maximum Gasteiger partial charge on any atom is 0.241 e. The van der Waals surface area contributed by atoms with Gasteiger partial charge in [0.15, 0.2) is 0 Å². The highest BCUT2D eigenvalue weighted by atomic mass is 16.5. The minimum Gasteiger partial charge on any atom is -0.378 e. The molecule has 0 radical (unpaired) electrons. The quantitative estimate of drug-likeness (QED) is 0.787. The van der Waals surface area contributed by atoms with Crippen LogP contribution in [0.15, 0.2) is 18.6 Å². The van der Waals surface area contributed by atoms with E-state index in [0.717, 1.165) is 37.8 Å². The van der Waals surface area contributed by atoms with Crippen molar-refractivity contribution >= 4 is 5.91 Å². The summed E-state index contributed by atoms with van der Waals surface area (Å²) in [6, 6.07) is 0.0299. The molecule has 2 bridgehead atoms. The molecule has 0 unspecified atom stereocenters. The molecule has 0 spiro atoms. The highest BCUT2D eigenvalue weighted by molar-refractivity contribution is 5.75. The van der Waals surface area contributed by atoms with Crippen LogP contribution in [0.25, 0.3) is 0 Å². The summed E-state index contributed by atoms with van der Waals surface area (Å²) in [5.74, 6) is -0.0993. The van der Waals surface area contributed by atoms with Crippen LogP contribution < -0.4 is 5.32 Å². The standard InChI is InChI=1S/C17H25N7O2/c1-13(9-18-15(25)11-23-8-7-19-21-23)24-10-14(20-22-24)16-3-5-17(12-16,26-2)6-4-16/h7-8,10,13H,3-6,9,11-12H2,1-2H3,(H,18,25)/t13-,16?,17?/m0/s1. The number of carbonyl (C=O) groups is 1. The Morgan fingerprint density at radius 1 is 1.35 bits per heavy atom. The fourth-order valence-electron chi connectivity index (χ4n) is 4.39. The minimum absolute atomic E-state index is 0.0299. The van der Waals surface area contributed by atoms with Gasteiger partial charge in [-0.3, -0.25) is 4.79 Å². The number of amides is 1. The lowest BCUT2D eigenvalue weighted by Crippen LogP contribution is -2.32. The van der Waals surface area contributed by atoms with Gasteiger partial charge in [0, 0.05) is 31.5 Å². The van der Waals surface area contributed by atoms with Crippen molar-refractivity contribution in [1.82, 2.24) is 35.3 Å². The van der Waals surface area contributed by atoms with Crippen LogP contribution in [0.4, 0.5) is 0 Å². The van der Waals surface area contributed by atoms with Crippen LogP contribution in [0.5, 0.6) is 0 Å². The van der Waals surface area contributed by atoms with E-state index in [1.807, 2.05) is 24.9 Å². The van der Waals surface area contributed by atoms with Gasteiger partial charge >= 0.3 is 0 Å². The Morgan fingerprint density at radius 2 is 2.15 bits per heavy atom. The average molecular weight is 359 g/mol. The van der Waals surface area contributed by atoms with Gasteiger partial charge in [0.1, 0.15) is 6.54 Å². The predicted octanol–water partition coefficient (Wildman–Crippen LogP) is 0.848. The monoisotopic (exact) mass is 359 g/mol. The molecule has 0 aromatic carbocycles. The highest BCUT2D eigenvalue weighted by Gasteiger charge is 2.56. The Balaban J connectivity index is 1.35. The van der Waals surface area contributed by atoms with E-state index in [-0.39, 0.29) is 29.5 Å². The van der Waals surface area contributed by atoms with E-state index in [2.05, 4.69) is 25.9 Å². The first-order valence-electron chi connectivity index (χ1n) is 9.13. The molecule has 4 rings (SSSR count). The minimum atomic E-state index is -0.0993. The second-order valence-electron chi connectivity index (χ2n) is 7.68. The summed E-state index contributed by atoms with van der Waals surface area (Å²) < 4.78 is 9.13. The Morgan fingerprint density at radius 3 is 2.81 bits per heavy atom. The van der Waals surface area contributed by atoms with E-state index in [0.29, 0.717) is 6.54 Å². The molecule has 9 nitrogen and oxygen atoms in total. The molecule has 2 aromatic heterocycles. The van der Waals surface area contributed by atoms with Gasteiger partial charge in [0.25, 0.3) is 0 Å². The van der Waals surface area contributed by atoms with Crippen LogP contribution in [-0.2, 0) is 21.5 Å². The van der Waals surface area contributed by atoms with E-state index < -0.39 is 0 Å². The van der Waals surface area contributed by atoms with Crippen molar-refractivity contribution in [2.75, 3.05) is 13.7 Å². The van der Waals surface area contributed by atoms with Crippen molar-refractivity contribution in [2.45, 2.75) is 62.6 Å². The largest absolute Gasteiger partial charge is 0.378 e. The van der Waals surface area contributed by atoms with Crippen molar-refractivity contribution in [1.29, 1.82) is 0 Å². The fourth-order valence-corrected chi connectivity index (χ4v) is 4.39. The maximum absolute atomic E-state index is 12.0. The Hall–Kier alpha value is -2.29. The molecule has 1 N–H and O–H groups in total. The van der Waals surface area contributed by atoms with Gasteiger partial charge in [0.2, 0.25) is 5.91 Å². The predicted molar refractivity (Wildman–Crippen MR) is 92.3 cm³/mol. The van der Waals surface area contributed by atoms with Crippen molar-refractivity contribution < 1.29 is 9.53 Å². The Labute approximate surface area is 152 Å². The summed E-state index contributed by atoms with van der Waals surface area (Å²) in [4.78, 5) is 12.0. The number of ether oxygens (including phenoxy) is 1. The van der Waals surface area contributed by atoms with E-state index in [4.69, 9.17) is 4.74 Å². The number of hydrogen-bond donors (Lipinski definition) is 1. The van der Waals surface area contributed by atoms with Crippen LogP contribution >= 0.6 is 0 Å². The molecular formula is C17H25N7O2. The summed E-state index contributed by atoms with van der Waals surface area (Å²) in [6.07, 6.45) is 10.7. The molecule has 0 saturated heterocycles. The van der Waals surface area contributed by atoms with Crippen LogP contribution in [0.1, 0.15) is 50.8 Å². The molecule has 2 heterocycles. The summed E-state index contributed by atoms with van der Waals surface area (Å²) in [6.45, 7) is 2.68. The molecule has 2 aromatic rings. The lowest BCUT2D eigenvalue weighted by molar-refractivity contribution is -0.122. The molecular weight excluding hydrogens is 334 g/mol. The first-order valence-corrected chi connectivity index (χ1v) is 9.13. The van der Waals surface area contributed by atoms with Crippen LogP contribution in [-0.4, -0.2) is 55.2 Å². The molecule has 9 heteroatoms. The van der Waals surface area contributed by atoms with Crippen molar-refractivity contribution in [3.05, 3.63) is 24.3 Å². The van der Waals surface area contributed by atoms with Gasteiger partial charge in [-0.25, -0.2) is 9.36 Å². The number of aromatic nitrogens is 6. The number of methoxy groups -OCH3 is 1.